The summed E-state index contributed by atoms with van der Waals surface area (Å²) in [6.45, 7) is 5.56. The van der Waals surface area contributed by atoms with Crippen LogP contribution < -0.4 is 10.2 Å². The molecule has 1 N–H and O–H groups in total. The maximum atomic E-state index is 11.9. The minimum absolute atomic E-state index is 0.135. The summed E-state index contributed by atoms with van der Waals surface area (Å²) >= 11 is 0. The predicted octanol–water partition coefficient (Wildman–Crippen LogP) is 0.841. The van der Waals surface area contributed by atoms with Gasteiger partial charge in [0.05, 0.1) is 12.1 Å². The first-order valence-corrected chi connectivity index (χ1v) is 8.71. The SMILES string of the molecule is Cc1noc(-c2cccnc2N2CCN(CC(=O)NC3CC3)CC2)n1. The van der Waals surface area contributed by atoms with E-state index in [9.17, 15) is 4.79 Å². The van der Waals surface area contributed by atoms with E-state index in [1.807, 2.05) is 12.1 Å². The number of piperazine rings is 1. The molecule has 0 unspecified atom stereocenters. The number of hydrogen-bond acceptors (Lipinski definition) is 7. The van der Waals surface area contributed by atoms with E-state index in [1.54, 1.807) is 13.1 Å². The Balaban J connectivity index is 1.40. The molecule has 0 radical (unpaired) electrons. The zero-order valence-corrected chi connectivity index (χ0v) is 14.3. The number of hydrogen-bond donors (Lipinski definition) is 1. The van der Waals surface area contributed by atoms with Crippen LogP contribution in [0.15, 0.2) is 22.9 Å². The number of carbonyl (C=O) groups is 1. The lowest BCUT2D eigenvalue weighted by Crippen LogP contribution is -2.50. The Labute approximate surface area is 146 Å². The molecule has 1 saturated carbocycles. The number of pyridine rings is 1. The molecule has 3 heterocycles. The van der Waals surface area contributed by atoms with Crippen molar-refractivity contribution in [1.82, 2.24) is 25.3 Å². The zero-order valence-electron chi connectivity index (χ0n) is 14.3. The van der Waals surface area contributed by atoms with Crippen molar-refractivity contribution in [3.05, 3.63) is 24.2 Å². The molecule has 2 aliphatic rings. The zero-order chi connectivity index (χ0) is 17.2. The van der Waals surface area contributed by atoms with Crippen LogP contribution in [0.5, 0.6) is 0 Å². The Morgan fingerprint density at radius 2 is 2.12 bits per heavy atom. The van der Waals surface area contributed by atoms with Crippen molar-refractivity contribution in [2.45, 2.75) is 25.8 Å². The van der Waals surface area contributed by atoms with Gasteiger partial charge in [0.1, 0.15) is 5.82 Å². The highest BCUT2D eigenvalue weighted by Crippen LogP contribution is 2.28. The van der Waals surface area contributed by atoms with Crippen molar-refractivity contribution in [3.8, 4) is 11.5 Å². The van der Waals surface area contributed by atoms with E-state index in [4.69, 9.17) is 4.52 Å². The summed E-state index contributed by atoms with van der Waals surface area (Å²) in [4.78, 5) is 25.2. The third-order valence-corrected chi connectivity index (χ3v) is 4.53. The van der Waals surface area contributed by atoms with Gasteiger partial charge in [-0.2, -0.15) is 4.98 Å². The Hall–Kier alpha value is -2.48. The highest BCUT2D eigenvalue weighted by atomic mass is 16.5. The topological polar surface area (TPSA) is 87.4 Å². The molecule has 1 aliphatic carbocycles. The molecule has 2 aromatic rings. The van der Waals surface area contributed by atoms with Gasteiger partial charge in [-0.25, -0.2) is 4.98 Å². The van der Waals surface area contributed by atoms with Crippen LogP contribution in [0.4, 0.5) is 5.82 Å². The molecule has 2 fully saturated rings. The standard InChI is InChI=1S/C17H22N6O2/c1-12-19-17(25-21-12)14-3-2-6-18-16(14)23-9-7-22(8-10-23)11-15(24)20-13-4-5-13/h2-3,6,13H,4-5,7-11H2,1H3,(H,20,24). The van der Waals surface area contributed by atoms with Crippen LogP contribution in [-0.2, 0) is 4.79 Å². The molecule has 132 valence electrons. The fourth-order valence-electron chi connectivity index (χ4n) is 3.04. The second-order valence-electron chi connectivity index (χ2n) is 6.63. The van der Waals surface area contributed by atoms with E-state index in [0.717, 1.165) is 50.4 Å². The highest BCUT2D eigenvalue weighted by molar-refractivity contribution is 5.78. The molecule has 0 bridgehead atoms. The van der Waals surface area contributed by atoms with E-state index >= 15 is 0 Å². The number of aromatic nitrogens is 3. The molecule has 1 amide bonds. The maximum Gasteiger partial charge on any atom is 0.261 e. The van der Waals surface area contributed by atoms with Crippen LogP contribution >= 0.6 is 0 Å². The van der Waals surface area contributed by atoms with Crippen molar-refractivity contribution in [1.29, 1.82) is 0 Å². The summed E-state index contributed by atoms with van der Waals surface area (Å²) in [7, 11) is 0. The van der Waals surface area contributed by atoms with Gasteiger partial charge < -0.3 is 14.7 Å². The quantitative estimate of drug-likeness (QED) is 0.861. The summed E-state index contributed by atoms with van der Waals surface area (Å²) < 4.78 is 5.31. The molecule has 4 rings (SSSR count). The van der Waals surface area contributed by atoms with Crippen LogP contribution in [0.25, 0.3) is 11.5 Å². The van der Waals surface area contributed by atoms with Crippen molar-refractivity contribution < 1.29 is 9.32 Å². The lowest BCUT2D eigenvalue weighted by molar-refractivity contribution is -0.122. The Morgan fingerprint density at radius 1 is 1.32 bits per heavy atom. The van der Waals surface area contributed by atoms with E-state index in [-0.39, 0.29) is 5.91 Å². The third kappa shape index (κ3) is 3.79. The van der Waals surface area contributed by atoms with Gasteiger partial charge in [-0.15, -0.1) is 0 Å². The van der Waals surface area contributed by atoms with Gasteiger partial charge in [0, 0.05) is 38.4 Å². The molecule has 8 heteroatoms. The average Bonchev–Trinajstić information content (AvgIpc) is 3.33. The minimum atomic E-state index is 0.135. The summed E-state index contributed by atoms with van der Waals surface area (Å²) in [6, 6.07) is 4.24. The summed E-state index contributed by atoms with van der Waals surface area (Å²) in [6.07, 6.45) is 4.02. The predicted molar refractivity (Wildman–Crippen MR) is 92.1 cm³/mol. The number of anilines is 1. The van der Waals surface area contributed by atoms with Crippen LogP contribution in [-0.4, -0.2) is 64.7 Å². The molecule has 2 aromatic heterocycles. The average molecular weight is 342 g/mol. The van der Waals surface area contributed by atoms with E-state index in [2.05, 4.69) is 30.2 Å². The molecule has 1 aliphatic heterocycles. The summed E-state index contributed by atoms with van der Waals surface area (Å²) in [5.74, 6) is 2.09. The minimum Gasteiger partial charge on any atom is -0.353 e. The Kier molecular flexibility index (Phi) is 4.35. The van der Waals surface area contributed by atoms with Crippen molar-refractivity contribution >= 4 is 11.7 Å². The first kappa shape index (κ1) is 16.0. The van der Waals surface area contributed by atoms with Gasteiger partial charge in [-0.05, 0) is 31.9 Å². The summed E-state index contributed by atoms with van der Waals surface area (Å²) in [5.41, 5.74) is 0.850. The summed E-state index contributed by atoms with van der Waals surface area (Å²) in [5, 5.41) is 6.91. The van der Waals surface area contributed by atoms with Crippen LogP contribution in [0.3, 0.4) is 0 Å². The van der Waals surface area contributed by atoms with Gasteiger partial charge in [-0.3, -0.25) is 9.69 Å². The molecular formula is C17H22N6O2. The monoisotopic (exact) mass is 342 g/mol. The molecule has 1 saturated heterocycles. The normalized spacial score (nSPS) is 18.4. The largest absolute Gasteiger partial charge is 0.353 e. The van der Waals surface area contributed by atoms with E-state index in [1.165, 1.54) is 0 Å². The van der Waals surface area contributed by atoms with Gasteiger partial charge in [0.15, 0.2) is 5.82 Å². The van der Waals surface area contributed by atoms with Gasteiger partial charge in [0.25, 0.3) is 5.89 Å². The Bertz CT molecular complexity index is 749. The van der Waals surface area contributed by atoms with Crippen molar-refractivity contribution in [2.24, 2.45) is 0 Å². The van der Waals surface area contributed by atoms with Gasteiger partial charge in [-0.1, -0.05) is 5.16 Å². The lowest BCUT2D eigenvalue weighted by atomic mass is 10.2. The molecular weight excluding hydrogens is 320 g/mol. The number of amides is 1. The molecule has 25 heavy (non-hydrogen) atoms. The van der Waals surface area contributed by atoms with Gasteiger partial charge >= 0.3 is 0 Å². The highest BCUT2D eigenvalue weighted by Gasteiger charge is 2.26. The third-order valence-electron chi connectivity index (χ3n) is 4.53. The maximum absolute atomic E-state index is 11.9. The van der Waals surface area contributed by atoms with Crippen LogP contribution in [0.2, 0.25) is 0 Å². The van der Waals surface area contributed by atoms with Gasteiger partial charge in [0.2, 0.25) is 5.91 Å². The van der Waals surface area contributed by atoms with Crippen LogP contribution in [0, 0.1) is 6.92 Å². The van der Waals surface area contributed by atoms with Crippen molar-refractivity contribution in [3.63, 3.8) is 0 Å². The molecule has 8 nitrogen and oxygen atoms in total. The molecule has 0 spiro atoms. The number of carbonyl (C=O) groups excluding carboxylic acids is 1. The number of aryl methyl sites for hydroxylation is 1. The number of nitrogens with zero attached hydrogens (tertiary/aromatic N) is 5. The molecule has 0 aromatic carbocycles. The smallest absolute Gasteiger partial charge is 0.261 e. The Morgan fingerprint density at radius 3 is 2.80 bits per heavy atom. The van der Waals surface area contributed by atoms with Crippen LogP contribution in [0.1, 0.15) is 18.7 Å². The first-order chi connectivity index (χ1) is 12.2. The lowest BCUT2D eigenvalue weighted by Gasteiger charge is -2.35. The fourth-order valence-corrected chi connectivity index (χ4v) is 3.04. The first-order valence-electron chi connectivity index (χ1n) is 8.71. The van der Waals surface area contributed by atoms with Crippen molar-refractivity contribution in [2.75, 3.05) is 37.6 Å². The second kappa shape index (κ2) is 6.79. The second-order valence-corrected chi connectivity index (χ2v) is 6.63. The molecule has 0 atom stereocenters. The fraction of sp³-hybridized carbons (Fsp3) is 0.529. The van der Waals surface area contributed by atoms with E-state index in [0.29, 0.717) is 24.3 Å². The number of nitrogens with one attached hydrogen (secondary N) is 1. The number of rotatable bonds is 5. The van der Waals surface area contributed by atoms with E-state index < -0.39 is 0 Å².